The Labute approximate surface area is 207 Å². The number of benzene rings is 1. The van der Waals surface area contributed by atoms with Crippen LogP contribution in [-0.4, -0.2) is 92.6 Å². The van der Waals surface area contributed by atoms with E-state index in [-0.39, 0.29) is 48.5 Å². The molecule has 9 atom stereocenters. The second kappa shape index (κ2) is 11.2. The van der Waals surface area contributed by atoms with Crippen molar-refractivity contribution >= 4 is 11.9 Å². The molecule has 2 aliphatic carbocycles. The number of carbonyl (C=O) groups excluding carboxylic acids is 1. The van der Waals surface area contributed by atoms with E-state index in [0.717, 1.165) is 0 Å². The summed E-state index contributed by atoms with van der Waals surface area (Å²) in [5.41, 5.74) is 0.950. The van der Waals surface area contributed by atoms with E-state index in [9.17, 15) is 40.2 Å². The highest BCUT2D eigenvalue weighted by atomic mass is 16.7. The highest BCUT2D eigenvalue weighted by Crippen LogP contribution is 2.48. The third-order valence-electron chi connectivity index (χ3n) is 7.40. The number of carbonyl (C=O) groups is 2. The molecule has 4 rings (SSSR count). The van der Waals surface area contributed by atoms with Crippen LogP contribution in [0.4, 0.5) is 0 Å². The summed E-state index contributed by atoms with van der Waals surface area (Å²) in [4.78, 5) is 24.3. The Bertz CT molecular complexity index is 959. The maximum Gasteiger partial charge on any atom is 0.331 e. The molecule has 1 aromatic rings. The fourth-order valence-electron chi connectivity index (χ4n) is 5.55. The Morgan fingerprint density at radius 3 is 2.42 bits per heavy atom. The summed E-state index contributed by atoms with van der Waals surface area (Å²) >= 11 is 0. The molecule has 0 unspecified atom stereocenters. The van der Waals surface area contributed by atoms with Gasteiger partial charge in [-0.2, -0.15) is 0 Å². The lowest BCUT2D eigenvalue weighted by molar-refractivity contribution is -0.316. The zero-order valence-corrected chi connectivity index (χ0v) is 19.6. The summed E-state index contributed by atoms with van der Waals surface area (Å²) in [5.74, 6) is -2.31. The first-order valence-electron chi connectivity index (χ1n) is 12.0. The molecule has 6 N–H and O–H groups in total. The summed E-state index contributed by atoms with van der Waals surface area (Å²) < 4.78 is 17.0. The predicted molar refractivity (Wildman–Crippen MR) is 121 cm³/mol. The Balaban J connectivity index is 1.45. The molecule has 0 spiro atoms. The van der Waals surface area contributed by atoms with Gasteiger partial charge in [-0.1, -0.05) is 18.2 Å². The van der Waals surface area contributed by atoms with Crippen molar-refractivity contribution in [2.24, 2.45) is 17.8 Å². The number of hydrogen-bond acceptors (Lipinski definition) is 10. The normalized spacial score (nSPS) is 36.1. The van der Waals surface area contributed by atoms with Crippen LogP contribution in [-0.2, 0) is 30.2 Å². The third-order valence-corrected chi connectivity index (χ3v) is 7.40. The van der Waals surface area contributed by atoms with Crippen molar-refractivity contribution in [1.29, 1.82) is 0 Å². The number of aliphatic hydroxyl groups excluding tert-OH is 4. The number of hydrogen-bond donors (Lipinski definition) is 6. The number of rotatable bonds is 8. The van der Waals surface area contributed by atoms with Gasteiger partial charge >= 0.3 is 11.9 Å². The number of aliphatic hydroxyl groups is 4. The van der Waals surface area contributed by atoms with Crippen LogP contribution in [0.3, 0.4) is 0 Å². The van der Waals surface area contributed by atoms with Crippen molar-refractivity contribution in [2.45, 2.75) is 62.5 Å². The number of aromatic hydroxyl groups is 1. The monoisotopic (exact) mass is 508 g/mol. The van der Waals surface area contributed by atoms with Gasteiger partial charge in [0.05, 0.1) is 25.7 Å². The smallest absolute Gasteiger partial charge is 0.331 e. The van der Waals surface area contributed by atoms with Crippen molar-refractivity contribution in [3.63, 3.8) is 0 Å². The minimum atomic E-state index is -1.59. The molecule has 36 heavy (non-hydrogen) atoms. The Hall–Kier alpha value is -2.54. The predicted octanol–water partition coefficient (Wildman–Crippen LogP) is -0.280. The van der Waals surface area contributed by atoms with Gasteiger partial charge in [0.25, 0.3) is 0 Å². The number of aliphatic carboxylic acids is 1. The van der Waals surface area contributed by atoms with Crippen LogP contribution in [0.1, 0.15) is 24.8 Å². The number of fused-ring (bicyclic) bond motifs is 1. The molecule has 11 nitrogen and oxygen atoms in total. The lowest BCUT2D eigenvalue weighted by Gasteiger charge is -2.43. The molecule has 0 radical (unpaired) electrons. The van der Waals surface area contributed by atoms with Gasteiger partial charge in [-0.3, -0.25) is 4.79 Å². The number of esters is 1. The molecule has 0 aromatic heterocycles. The first-order chi connectivity index (χ1) is 17.2. The molecule has 198 valence electrons. The zero-order chi connectivity index (χ0) is 26.0. The van der Waals surface area contributed by atoms with E-state index in [4.69, 9.17) is 14.2 Å². The van der Waals surface area contributed by atoms with E-state index in [1.165, 1.54) is 12.1 Å². The minimum Gasteiger partial charge on any atom is -0.508 e. The maximum absolute atomic E-state index is 12.4. The van der Waals surface area contributed by atoms with E-state index < -0.39 is 55.4 Å². The van der Waals surface area contributed by atoms with Crippen LogP contribution >= 0.6 is 0 Å². The number of phenols is 1. The average molecular weight is 509 g/mol. The molecule has 3 aliphatic rings. The molecule has 1 saturated heterocycles. The fraction of sp³-hybridized carbons (Fsp3) is 0.600. The Kier molecular flexibility index (Phi) is 8.28. The van der Waals surface area contributed by atoms with Crippen LogP contribution < -0.4 is 0 Å². The second-order valence-corrected chi connectivity index (χ2v) is 9.62. The molecule has 1 aromatic carbocycles. The lowest BCUT2D eigenvalue weighted by atomic mass is 9.75. The van der Waals surface area contributed by atoms with E-state index >= 15 is 0 Å². The van der Waals surface area contributed by atoms with Gasteiger partial charge < -0.3 is 44.8 Å². The van der Waals surface area contributed by atoms with Crippen molar-refractivity contribution in [1.82, 2.24) is 0 Å². The molecule has 0 bridgehead atoms. The first kappa shape index (κ1) is 26.5. The van der Waals surface area contributed by atoms with Crippen LogP contribution in [0.15, 0.2) is 35.9 Å². The zero-order valence-electron chi connectivity index (χ0n) is 19.6. The van der Waals surface area contributed by atoms with E-state index in [1.54, 1.807) is 18.2 Å². The molecule has 2 fully saturated rings. The summed E-state index contributed by atoms with van der Waals surface area (Å²) in [5, 5.41) is 59.0. The second-order valence-electron chi connectivity index (χ2n) is 9.62. The van der Waals surface area contributed by atoms with E-state index in [1.807, 2.05) is 0 Å². The summed E-state index contributed by atoms with van der Waals surface area (Å²) in [6.45, 7) is -0.538. The van der Waals surface area contributed by atoms with Crippen LogP contribution in [0.2, 0.25) is 0 Å². The van der Waals surface area contributed by atoms with Crippen LogP contribution in [0, 0.1) is 17.8 Å². The quantitative estimate of drug-likeness (QED) is 0.254. The number of carboxylic acid groups (broad SMARTS) is 1. The summed E-state index contributed by atoms with van der Waals surface area (Å²) in [6.07, 6.45) is -4.81. The summed E-state index contributed by atoms with van der Waals surface area (Å²) in [7, 11) is 0. The van der Waals surface area contributed by atoms with Crippen molar-refractivity contribution in [3.05, 3.63) is 41.5 Å². The number of phenolic OH excluding ortho intramolecular Hbond substituents is 1. The highest BCUT2D eigenvalue weighted by Gasteiger charge is 2.50. The lowest BCUT2D eigenvalue weighted by Crippen LogP contribution is -2.60. The van der Waals surface area contributed by atoms with Crippen molar-refractivity contribution < 1.29 is 54.4 Å². The van der Waals surface area contributed by atoms with Crippen LogP contribution in [0.25, 0.3) is 0 Å². The van der Waals surface area contributed by atoms with Gasteiger partial charge in [-0.05, 0) is 54.7 Å². The summed E-state index contributed by atoms with van der Waals surface area (Å²) in [6, 6.07) is 6.20. The van der Waals surface area contributed by atoms with Crippen molar-refractivity contribution in [3.8, 4) is 5.75 Å². The third kappa shape index (κ3) is 5.56. The van der Waals surface area contributed by atoms with Crippen molar-refractivity contribution in [2.75, 3.05) is 13.2 Å². The topological polar surface area (TPSA) is 183 Å². The number of carboxylic acids is 1. The molecule has 0 amide bonds. The minimum absolute atomic E-state index is 0.0200. The SMILES string of the molecule is O=C(Cc1ccc(O)cc1)OC[C@H]1CC[C@@H]2C(C(=O)O)=CC[C@@H](O[C@@H]3O[C@H](CO)[C@@H](O)[C@H](O)[C@H]3O)[C@H]12. The Morgan fingerprint density at radius 2 is 1.75 bits per heavy atom. The maximum atomic E-state index is 12.4. The van der Waals surface area contributed by atoms with Gasteiger partial charge in [0.15, 0.2) is 6.29 Å². The first-order valence-corrected chi connectivity index (χ1v) is 12.0. The van der Waals surface area contributed by atoms with Gasteiger partial charge in [-0.25, -0.2) is 4.79 Å². The highest BCUT2D eigenvalue weighted by molar-refractivity contribution is 5.87. The molecule has 1 saturated carbocycles. The van der Waals surface area contributed by atoms with Gasteiger partial charge in [0, 0.05) is 5.57 Å². The average Bonchev–Trinajstić information content (AvgIpc) is 3.29. The molecule has 1 aliphatic heterocycles. The Morgan fingerprint density at radius 1 is 1.03 bits per heavy atom. The standard InChI is InChI=1S/C25H32O11/c26-10-18-21(29)22(30)23(31)25(36-18)35-17-8-7-16(24(32)33)15-6-3-13(20(15)17)11-34-19(28)9-12-1-4-14(27)5-2-12/h1-2,4-5,7,13,15,17-18,20-23,25-27,29-31H,3,6,8-11H2,(H,32,33)/t13-,15-,17-,18-,20-,21-,22+,23-,25-/m1/s1. The molecule has 11 heteroatoms. The fourth-order valence-corrected chi connectivity index (χ4v) is 5.55. The number of ether oxygens (including phenoxy) is 3. The molecular formula is C25H32O11. The molecular weight excluding hydrogens is 476 g/mol. The molecule has 1 heterocycles. The van der Waals surface area contributed by atoms with Gasteiger partial charge in [0.1, 0.15) is 30.2 Å². The van der Waals surface area contributed by atoms with Gasteiger partial charge in [0.2, 0.25) is 0 Å². The van der Waals surface area contributed by atoms with Crippen LogP contribution in [0.5, 0.6) is 5.75 Å². The van der Waals surface area contributed by atoms with Gasteiger partial charge in [-0.15, -0.1) is 0 Å². The van der Waals surface area contributed by atoms with E-state index in [0.29, 0.717) is 18.4 Å². The van der Waals surface area contributed by atoms with E-state index in [2.05, 4.69) is 0 Å². The largest absolute Gasteiger partial charge is 0.508 e.